The van der Waals surface area contributed by atoms with Gasteiger partial charge >= 0.3 is 5.97 Å². The number of hydrogen-bond donors (Lipinski definition) is 1. The van der Waals surface area contributed by atoms with Gasteiger partial charge in [0.2, 0.25) is 0 Å². The Labute approximate surface area is 174 Å². The van der Waals surface area contributed by atoms with Gasteiger partial charge in [0.25, 0.3) is 11.8 Å². The third-order valence-electron chi connectivity index (χ3n) is 4.24. The van der Waals surface area contributed by atoms with Crippen LogP contribution in [0.25, 0.3) is 0 Å². The van der Waals surface area contributed by atoms with Crippen molar-refractivity contribution in [1.82, 2.24) is 4.90 Å². The summed E-state index contributed by atoms with van der Waals surface area (Å²) in [6.45, 7) is 7.14. The van der Waals surface area contributed by atoms with Crippen molar-refractivity contribution in [3.05, 3.63) is 45.3 Å². The number of nitrogens with zero attached hydrogens (tertiary/aromatic N) is 1. The first-order valence-electron chi connectivity index (χ1n) is 9.18. The van der Waals surface area contributed by atoms with E-state index in [1.807, 2.05) is 32.0 Å². The molecular weight excluding hydrogens is 392 g/mol. The molecule has 2 aromatic rings. The second kappa shape index (κ2) is 9.56. The number of rotatable bonds is 7. The van der Waals surface area contributed by atoms with Crippen LogP contribution >= 0.6 is 11.3 Å². The maximum Gasteiger partial charge on any atom is 0.341 e. The average molecular weight is 419 g/mol. The minimum atomic E-state index is -0.579. The van der Waals surface area contributed by atoms with E-state index >= 15 is 0 Å². The summed E-state index contributed by atoms with van der Waals surface area (Å²) in [6.07, 6.45) is 0. The van der Waals surface area contributed by atoms with Crippen LogP contribution in [0.3, 0.4) is 0 Å². The van der Waals surface area contributed by atoms with Crippen LogP contribution < -0.4 is 10.1 Å². The smallest absolute Gasteiger partial charge is 0.341 e. The number of benzene rings is 1. The molecule has 1 heterocycles. The molecule has 0 aliphatic heterocycles. The number of amides is 2. The van der Waals surface area contributed by atoms with Crippen LogP contribution in [0.15, 0.2) is 18.2 Å². The molecule has 0 spiro atoms. The Morgan fingerprint density at radius 3 is 2.28 bits per heavy atom. The average Bonchev–Trinajstić information content (AvgIpc) is 2.96. The van der Waals surface area contributed by atoms with Gasteiger partial charge in [-0.3, -0.25) is 9.59 Å². The first-order valence-corrected chi connectivity index (χ1v) is 10.00. The molecule has 0 atom stereocenters. The lowest BCUT2D eigenvalue weighted by Crippen LogP contribution is -2.21. The third kappa shape index (κ3) is 5.14. The zero-order chi connectivity index (χ0) is 21.7. The number of carbonyl (C=O) groups excluding carboxylic acids is 3. The Morgan fingerprint density at radius 2 is 1.72 bits per heavy atom. The highest BCUT2D eigenvalue weighted by molar-refractivity contribution is 7.18. The van der Waals surface area contributed by atoms with Crippen LogP contribution in [0.1, 0.15) is 43.6 Å². The summed E-state index contributed by atoms with van der Waals surface area (Å²) in [6, 6.07) is 5.72. The zero-order valence-corrected chi connectivity index (χ0v) is 18.4. The summed E-state index contributed by atoms with van der Waals surface area (Å²) in [4.78, 5) is 39.1. The predicted molar refractivity (Wildman–Crippen MR) is 113 cm³/mol. The van der Waals surface area contributed by atoms with Crippen LogP contribution in [0.4, 0.5) is 5.00 Å². The first kappa shape index (κ1) is 22.4. The van der Waals surface area contributed by atoms with Gasteiger partial charge < -0.3 is 19.7 Å². The van der Waals surface area contributed by atoms with E-state index in [0.29, 0.717) is 16.2 Å². The van der Waals surface area contributed by atoms with Crippen LogP contribution in [-0.4, -0.2) is 50.0 Å². The SMILES string of the molecule is CCOC(=O)c1c(NC(=O)COc2c(C)cccc2C)sc(C(=O)N(C)C)c1C. The van der Waals surface area contributed by atoms with Crippen molar-refractivity contribution >= 4 is 34.1 Å². The van der Waals surface area contributed by atoms with E-state index in [0.717, 1.165) is 22.5 Å². The number of anilines is 1. The van der Waals surface area contributed by atoms with Crippen molar-refractivity contribution < 1.29 is 23.9 Å². The Hall–Kier alpha value is -2.87. The number of para-hydroxylation sites is 1. The molecule has 0 bridgehead atoms. The van der Waals surface area contributed by atoms with Gasteiger partial charge in [-0.15, -0.1) is 11.3 Å². The van der Waals surface area contributed by atoms with Crippen molar-refractivity contribution in [1.29, 1.82) is 0 Å². The third-order valence-corrected chi connectivity index (χ3v) is 5.43. The van der Waals surface area contributed by atoms with E-state index in [9.17, 15) is 14.4 Å². The maximum atomic E-state index is 12.5. The standard InChI is InChI=1S/C21H26N2O5S/c1-7-27-21(26)16-14(4)18(20(25)23(5)6)29-19(16)22-15(24)11-28-17-12(2)9-8-10-13(17)3/h8-10H,7,11H2,1-6H3,(H,22,24). The molecule has 0 unspecified atom stereocenters. The first-order chi connectivity index (χ1) is 13.7. The normalized spacial score (nSPS) is 10.4. The van der Waals surface area contributed by atoms with Crippen LogP contribution in [-0.2, 0) is 9.53 Å². The molecule has 0 saturated heterocycles. The van der Waals surface area contributed by atoms with Gasteiger partial charge in [0, 0.05) is 14.1 Å². The highest BCUT2D eigenvalue weighted by atomic mass is 32.1. The van der Waals surface area contributed by atoms with Crippen molar-refractivity contribution in [2.75, 3.05) is 32.6 Å². The van der Waals surface area contributed by atoms with E-state index < -0.39 is 11.9 Å². The zero-order valence-electron chi connectivity index (χ0n) is 17.5. The molecule has 0 saturated carbocycles. The van der Waals surface area contributed by atoms with Gasteiger partial charge in [-0.05, 0) is 44.4 Å². The number of aryl methyl sites for hydroxylation is 2. The molecule has 2 rings (SSSR count). The Morgan fingerprint density at radius 1 is 1.10 bits per heavy atom. The number of esters is 1. The number of nitrogens with one attached hydrogen (secondary N) is 1. The molecule has 29 heavy (non-hydrogen) atoms. The fourth-order valence-electron chi connectivity index (χ4n) is 2.78. The molecule has 1 aromatic carbocycles. The highest BCUT2D eigenvalue weighted by Gasteiger charge is 2.27. The number of carbonyl (C=O) groups is 3. The van der Waals surface area contributed by atoms with E-state index in [4.69, 9.17) is 9.47 Å². The summed E-state index contributed by atoms with van der Waals surface area (Å²) >= 11 is 1.05. The van der Waals surface area contributed by atoms with Crippen LogP contribution in [0.2, 0.25) is 0 Å². The van der Waals surface area contributed by atoms with Crippen LogP contribution in [0.5, 0.6) is 5.75 Å². The molecule has 2 amide bonds. The van der Waals surface area contributed by atoms with E-state index in [-0.39, 0.29) is 29.7 Å². The van der Waals surface area contributed by atoms with Gasteiger partial charge in [0.05, 0.1) is 17.0 Å². The minimum Gasteiger partial charge on any atom is -0.483 e. The van der Waals surface area contributed by atoms with E-state index in [2.05, 4.69) is 5.32 Å². The maximum absolute atomic E-state index is 12.5. The van der Waals surface area contributed by atoms with Gasteiger partial charge in [-0.25, -0.2) is 4.79 Å². The molecule has 8 heteroatoms. The molecular formula is C21H26N2O5S. The molecule has 1 aromatic heterocycles. The summed E-state index contributed by atoms with van der Waals surface area (Å²) < 4.78 is 10.8. The lowest BCUT2D eigenvalue weighted by atomic mass is 10.1. The number of ether oxygens (including phenoxy) is 2. The topological polar surface area (TPSA) is 84.9 Å². The quantitative estimate of drug-likeness (QED) is 0.695. The summed E-state index contributed by atoms with van der Waals surface area (Å²) in [5, 5.41) is 2.98. The number of thiophene rings is 1. The van der Waals surface area contributed by atoms with Crippen molar-refractivity contribution in [3.8, 4) is 5.75 Å². The molecule has 0 radical (unpaired) electrons. The Kier molecular flexibility index (Phi) is 7.39. The Bertz CT molecular complexity index is 913. The van der Waals surface area contributed by atoms with Gasteiger partial charge in [0.15, 0.2) is 6.61 Å². The molecule has 7 nitrogen and oxygen atoms in total. The molecule has 1 N–H and O–H groups in total. The molecule has 0 aliphatic rings. The fourth-order valence-corrected chi connectivity index (χ4v) is 4.02. The molecule has 0 fully saturated rings. The minimum absolute atomic E-state index is 0.189. The monoisotopic (exact) mass is 418 g/mol. The van der Waals surface area contributed by atoms with Gasteiger partial charge in [0.1, 0.15) is 10.8 Å². The van der Waals surface area contributed by atoms with Crippen LogP contribution in [0, 0.1) is 20.8 Å². The van der Waals surface area contributed by atoms with Crippen molar-refractivity contribution in [3.63, 3.8) is 0 Å². The van der Waals surface area contributed by atoms with E-state index in [1.54, 1.807) is 27.9 Å². The van der Waals surface area contributed by atoms with Gasteiger partial charge in [-0.2, -0.15) is 0 Å². The summed E-state index contributed by atoms with van der Waals surface area (Å²) in [5.41, 5.74) is 2.53. The fraction of sp³-hybridized carbons (Fsp3) is 0.381. The van der Waals surface area contributed by atoms with Gasteiger partial charge in [-0.1, -0.05) is 18.2 Å². The highest BCUT2D eigenvalue weighted by Crippen LogP contribution is 2.34. The lowest BCUT2D eigenvalue weighted by molar-refractivity contribution is -0.118. The molecule has 156 valence electrons. The van der Waals surface area contributed by atoms with Crippen molar-refractivity contribution in [2.24, 2.45) is 0 Å². The summed E-state index contributed by atoms with van der Waals surface area (Å²) in [5.74, 6) is -0.599. The molecule has 0 aliphatic carbocycles. The predicted octanol–water partition coefficient (Wildman–Crippen LogP) is 3.57. The summed E-state index contributed by atoms with van der Waals surface area (Å²) in [7, 11) is 3.25. The van der Waals surface area contributed by atoms with Crippen molar-refractivity contribution in [2.45, 2.75) is 27.7 Å². The number of hydrogen-bond acceptors (Lipinski definition) is 6. The second-order valence-electron chi connectivity index (χ2n) is 6.74. The lowest BCUT2D eigenvalue weighted by Gasteiger charge is -2.12. The largest absolute Gasteiger partial charge is 0.483 e. The Balaban J connectivity index is 2.26. The van der Waals surface area contributed by atoms with E-state index in [1.165, 1.54) is 4.90 Å². The second-order valence-corrected chi connectivity index (χ2v) is 7.76.